The van der Waals surface area contributed by atoms with Crippen LogP contribution in [0.3, 0.4) is 0 Å². The number of hydrogen-bond acceptors (Lipinski definition) is 3. The van der Waals surface area contributed by atoms with Gasteiger partial charge in [-0.2, -0.15) is 0 Å². The molecule has 126 valence electrons. The normalized spacial score (nSPS) is 25.3. The molecule has 1 saturated heterocycles. The molecule has 0 amide bonds. The second kappa shape index (κ2) is 7.29. The Balaban J connectivity index is 2.27. The topological polar surface area (TPSA) is 43.4 Å². The lowest BCUT2D eigenvalue weighted by molar-refractivity contribution is -0.154. The number of esters is 2. The molecule has 0 N–H and O–H groups in total. The fourth-order valence-electron chi connectivity index (χ4n) is 4.18. The van der Waals surface area contributed by atoms with E-state index in [1.54, 1.807) is 0 Å². The zero-order chi connectivity index (χ0) is 17.1. The van der Waals surface area contributed by atoms with Crippen LogP contribution in [0.5, 0.6) is 0 Å². The van der Waals surface area contributed by atoms with E-state index in [4.69, 9.17) is 4.74 Å². The van der Waals surface area contributed by atoms with Gasteiger partial charge >= 0.3 is 11.9 Å². The van der Waals surface area contributed by atoms with Crippen LogP contribution in [0.25, 0.3) is 0 Å². The number of rotatable bonds is 6. The molecule has 3 heteroatoms. The van der Waals surface area contributed by atoms with Crippen molar-refractivity contribution in [3.8, 4) is 0 Å². The molecule has 1 fully saturated rings. The molecular formula is C20H28O3. The highest BCUT2D eigenvalue weighted by Crippen LogP contribution is 2.43. The van der Waals surface area contributed by atoms with Gasteiger partial charge in [-0.05, 0) is 35.7 Å². The number of hydrogen-bond donors (Lipinski definition) is 0. The molecule has 23 heavy (non-hydrogen) atoms. The highest BCUT2D eigenvalue weighted by molar-refractivity contribution is 5.96. The summed E-state index contributed by atoms with van der Waals surface area (Å²) in [6.45, 7) is 10.7. The summed E-state index contributed by atoms with van der Waals surface area (Å²) in [6.07, 6.45) is 0.657. The Morgan fingerprint density at radius 2 is 1.61 bits per heavy atom. The minimum atomic E-state index is -0.345. The van der Waals surface area contributed by atoms with Gasteiger partial charge in [0.15, 0.2) is 0 Å². The third kappa shape index (κ3) is 3.49. The zero-order valence-corrected chi connectivity index (χ0v) is 14.8. The molecule has 0 saturated carbocycles. The third-order valence-corrected chi connectivity index (χ3v) is 5.51. The quantitative estimate of drug-likeness (QED) is 0.576. The molecule has 0 aliphatic carbocycles. The van der Waals surface area contributed by atoms with E-state index in [1.807, 2.05) is 13.0 Å². The summed E-state index contributed by atoms with van der Waals surface area (Å²) in [5.41, 5.74) is 1.30. The monoisotopic (exact) mass is 316 g/mol. The lowest BCUT2D eigenvalue weighted by atomic mass is 9.68. The molecule has 5 unspecified atom stereocenters. The zero-order valence-electron chi connectivity index (χ0n) is 14.8. The van der Waals surface area contributed by atoms with Gasteiger partial charge in [0, 0.05) is 0 Å². The maximum atomic E-state index is 12.2. The van der Waals surface area contributed by atoms with Gasteiger partial charge in [-0.1, -0.05) is 65.0 Å². The highest BCUT2D eigenvalue weighted by Gasteiger charge is 2.48. The molecule has 0 spiro atoms. The molecular weight excluding hydrogens is 288 g/mol. The molecule has 5 atom stereocenters. The Morgan fingerprint density at radius 1 is 1.00 bits per heavy atom. The Bertz CT molecular complexity index is 549. The van der Waals surface area contributed by atoms with Crippen LogP contribution in [0.1, 0.15) is 52.5 Å². The largest absolute Gasteiger partial charge is 0.393 e. The van der Waals surface area contributed by atoms with Crippen molar-refractivity contribution in [2.45, 2.75) is 47.0 Å². The van der Waals surface area contributed by atoms with E-state index < -0.39 is 0 Å². The number of cyclic esters (lactones) is 2. The van der Waals surface area contributed by atoms with E-state index in [9.17, 15) is 9.59 Å². The average molecular weight is 316 g/mol. The smallest absolute Gasteiger partial charge is 0.317 e. The standard InChI is InChI=1S/C20H28O3/c1-6-16-18(20(22)23-19(16)21)14(5)13(4)17(12(2)3)15-10-8-7-9-11-15/h7-14,16-18H,6H2,1-5H3. The summed E-state index contributed by atoms with van der Waals surface area (Å²) in [4.78, 5) is 24.1. The molecule has 1 aromatic carbocycles. The predicted octanol–water partition coefficient (Wildman–Crippen LogP) is 4.42. The van der Waals surface area contributed by atoms with Gasteiger partial charge in [0.2, 0.25) is 0 Å². The maximum absolute atomic E-state index is 12.2. The van der Waals surface area contributed by atoms with Crippen molar-refractivity contribution < 1.29 is 14.3 Å². The summed E-state index contributed by atoms with van der Waals surface area (Å²) in [5, 5.41) is 0. The molecule has 0 aromatic heterocycles. The molecule has 0 bridgehead atoms. The van der Waals surface area contributed by atoms with E-state index >= 15 is 0 Å². The van der Waals surface area contributed by atoms with Crippen molar-refractivity contribution in [2.24, 2.45) is 29.6 Å². The van der Waals surface area contributed by atoms with E-state index in [0.29, 0.717) is 18.3 Å². The fourth-order valence-corrected chi connectivity index (χ4v) is 4.18. The van der Waals surface area contributed by atoms with E-state index in [-0.39, 0.29) is 35.6 Å². The molecule has 0 radical (unpaired) electrons. The number of benzene rings is 1. The van der Waals surface area contributed by atoms with Crippen molar-refractivity contribution in [3.63, 3.8) is 0 Å². The first kappa shape index (κ1) is 17.7. The Hall–Kier alpha value is -1.64. The highest BCUT2D eigenvalue weighted by atomic mass is 16.6. The van der Waals surface area contributed by atoms with Gasteiger partial charge in [-0.3, -0.25) is 9.59 Å². The van der Waals surface area contributed by atoms with Crippen LogP contribution < -0.4 is 0 Å². The summed E-state index contributed by atoms with van der Waals surface area (Å²) < 4.78 is 4.92. The van der Waals surface area contributed by atoms with Gasteiger partial charge in [0.25, 0.3) is 0 Å². The van der Waals surface area contributed by atoms with Gasteiger partial charge < -0.3 is 4.74 Å². The maximum Gasteiger partial charge on any atom is 0.317 e. The van der Waals surface area contributed by atoms with Crippen molar-refractivity contribution in [1.82, 2.24) is 0 Å². The van der Waals surface area contributed by atoms with Crippen molar-refractivity contribution in [3.05, 3.63) is 35.9 Å². The van der Waals surface area contributed by atoms with Gasteiger partial charge in [0.05, 0.1) is 11.8 Å². The van der Waals surface area contributed by atoms with E-state index in [0.717, 1.165) is 0 Å². The van der Waals surface area contributed by atoms with Crippen LogP contribution in [0.15, 0.2) is 30.3 Å². The fraction of sp³-hybridized carbons (Fsp3) is 0.600. The molecule has 1 heterocycles. The first-order chi connectivity index (χ1) is 10.9. The van der Waals surface area contributed by atoms with Crippen LogP contribution in [0.2, 0.25) is 0 Å². The second-order valence-electron chi connectivity index (χ2n) is 7.18. The minimum absolute atomic E-state index is 0.103. The minimum Gasteiger partial charge on any atom is -0.393 e. The van der Waals surface area contributed by atoms with Gasteiger partial charge in [-0.25, -0.2) is 0 Å². The summed E-state index contributed by atoms with van der Waals surface area (Å²) in [7, 11) is 0. The van der Waals surface area contributed by atoms with Crippen LogP contribution >= 0.6 is 0 Å². The lowest BCUT2D eigenvalue weighted by Crippen LogP contribution is -2.32. The summed E-state index contributed by atoms with van der Waals surface area (Å²) in [6, 6.07) is 10.5. The van der Waals surface area contributed by atoms with Crippen LogP contribution in [0.4, 0.5) is 0 Å². The van der Waals surface area contributed by atoms with Gasteiger partial charge in [-0.15, -0.1) is 0 Å². The Morgan fingerprint density at radius 3 is 2.13 bits per heavy atom. The van der Waals surface area contributed by atoms with Crippen LogP contribution in [-0.4, -0.2) is 11.9 Å². The first-order valence-corrected chi connectivity index (χ1v) is 8.68. The predicted molar refractivity (Wildman–Crippen MR) is 90.7 cm³/mol. The van der Waals surface area contributed by atoms with Crippen molar-refractivity contribution in [2.75, 3.05) is 0 Å². The number of carbonyl (C=O) groups is 2. The van der Waals surface area contributed by atoms with E-state index in [1.165, 1.54) is 5.56 Å². The lowest BCUT2D eigenvalue weighted by Gasteiger charge is -2.35. The third-order valence-electron chi connectivity index (χ3n) is 5.51. The Labute approximate surface area is 139 Å². The number of carbonyl (C=O) groups excluding carboxylic acids is 2. The van der Waals surface area contributed by atoms with Gasteiger partial charge in [0.1, 0.15) is 0 Å². The molecule has 1 aliphatic rings. The van der Waals surface area contributed by atoms with Crippen molar-refractivity contribution in [1.29, 1.82) is 0 Å². The molecule has 1 aliphatic heterocycles. The molecule has 3 nitrogen and oxygen atoms in total. The van der Waals surface area contributed by atoms with E-state index in [2.05, 4.69) is 52.0 Å². The summed E-state index contributed by atoms with van der Waals surface area (Å²) >= 11 is 0. The first-order valence-electron chi connectivity index (χ1n) is 8.68. The van der Waals surface area contributed by atoms with Crippen molar-refractivity contribution >= 4 is 11.9 Å². The average Bonchev–Trinajstić information content (AvgIpc) is 2.80. The SMILES string of the molecule is CCC1C(=O)OC(=O)C1C(C)C(C)C(c1ccccc1)C(C)C. The van der Waals surface area contributed by atoms with Crippen LogP contribution in [-0.2, 0) is 14.3 Å². The molecule has 1 aromatic rings. The summed E-state index contributed by atoms with van der Waals surface area (Å²) in [5.74, 6) is -0.0770. The second-order valence-corrected chi connectivity index (χ2v) is 7.18. The molecule has 2 rings (SSSR count). The Kier molecular flexibility index (Phi) is 5.61. The number of ether oxygens (including phenoxy) is 1. The van der Waals surface area contributed by atoms with Crippen LogP contribution in [0, 0.1) is 29.6 Å².